The number of halogens is 2. The van der Waals surface area contributed by atoms with Gasteiger partial charge in [0.25, 0.3) is 5.92 Å². The number of carbonyl (C=O) groups excluding carboxylic acids is 1. The minimum atomic E-state index is -3.06. The Morgan fingerprint density at radius 3 is 2.64 bits per heavy atom. The first kappa shape index (κ1) is 19.8. The van der Waals surface area contributed by atoms with E-state index >= 15 is 0 Å². The molecule has 1 unspecified atom stereocenters. The Labute approximate surface area is 146 Å². The smallest absolute Gasteiger partial charge is 0.332 e. The van der Waals surface area contributed by atoms with Crippen LogP contribution in [0.1, 0.15) is 65.3 Å². The number of alkyl halides is 2. The van der Waals surface area contributed by atoms with Crippen LogP contribution >= 0.6 is 0 Å². The Morgan fingerprint density at radius 2 is 2.04 bits per heavy atom. The highest BCUT2D eigenvalue weighted by atomic mass is 19.3. The van der Waals surface area contributed by atoms with Gasteiger partial charge in [0, 0.05) is 6.42 Å². The van der Waals surface area contributed by atoms with Gasteiger partial charge in [-0.2, -0.15) is 8.78 Å². The summed E-state index contributed by atoms with van der Waals surface area (Å²) < 4.78 is 41.1. The second-order valence-corrected chi connectivity index (χ2v) is 7.72. The Morgan fingerprint density at radius 1 is 1.36 bits per heavy atom. The van der Waals surface area contributed by atoms with Crippen LogP contribution in [0.5, 0.6) is 0 Å². The van der Waals surface area contributed by atoms with E-state index in [-0.39, 0.29) is 31.2 Å². The van der Waals surface area contributed by atoms with Gasteiger partial charge in [-0.25, -0.2) is 9.48 Å². The molecule has 0 aromatic carbocycles. The number of nitrogens with zero attached hydrogens (tertiary/aromatic N) is 3. The lowest BCUT2D eigenvalue weighted by atomic mass is 9.95. The van der Waals surface area contributed by atoms with Crippen molar-refractivity contribution >= 4 is 5.97 Å². The molecular weight excluding hydrogens is 332 g/mol. The van der Waals surface area contributed by atoms with Crippen molar-refractivity contribution in [1.29, 1.82) is 0 Å². The number of hydrogen-bond acceptors (Lipinski definition) is 5. The summed E-state index contributed by atoms with van der Waals surface area (Å²) in [6.07, 6.45) is 0.0199. The van der Waals surface area contributed by atoms with Crippen LogP contribution in [0, 0.1) is 0 Å². The Kier molecular flexibility index (Phi) is 5.81. The summed E-state index contributed by atoms with van der Waals surface area (Å²) in [5.74, 6) is -3.54. The third-order valence-electron chi connectivity index (χ3n) is 4.03. The second-order valence-electron chi connectivity index (χ2n) is 7.72. The van der Waals surface area contributed by atoms with Gasteiger partial charge in [-0.15, -0.1) is 5.10 Å². The summed E-state index contributed by atoms with van der Waals surface area (Å²) in [7, 11) is 0. The zero-order valence-electron chi connectivity index (χ0n) is 15.5. The average molecular weight is 359 g/mol. The lowest BCUT2D eigenvalue weighted by Gasteiger charge is -2.27. The molecule has 1 aromatic heterocycles. The molecule has 0 N–H and O–H groups in total. The number of carbonyl (C=O) groups is 1. The summed E-state index contributed by atoms with van der Waals surface area (Å²) in [5.41, 5.74) is -0.233. The monoisotopic (exact) mass is 359 g/mol. The van der Waals surface area contributed by atoms with E-state index < -0.39 is 23.5 Å². The molecule has 25 heavy (non-hydrogen) atoms. The Hall–Kier alpha value is -1.57. The highest BCUT2D eigenvalue weighted by Gasteiger charge is 2.41. The largest absolute Gasteiger partial charge is 0.461 e. The van der Waals surface area contributed by atoms with Crippen LogP contribution in [0.25, 0.3) is 0 Å². The van der Waals surface area contributed by atoms with E-state index in [4.69, 9.17) is 9.47 Å². The molecule has 0 aliphatic heterocycles. The number of rotatable bonds is 4. The van der Waals surface area contributed by atoms with Gasteiger partial charge in [-0.1, -0.05) is 5.21 Å². The standard InChI is InChI=1S/C17H27F2N3O3/c1-11(2)25-14(23)10-24-12-6-7-13-15(17(18,19)9-8-12)20-21-22(13)16(3,4)5/h11-12H,6-10H2,1-5H3. The molecule has 1 aromatic rings. The quantitative estimate of drug-likeness (QED) is 0.773. The predicted molar refractivity (Wildman–Crippen MR) is 87.4 cm³/mol. The van der Waals surface area contributed by atoms with Gasteiger partial charge >= 0.3 is 5.97 Å². The van der Waals surface area contributed by atoms with Crippen molar-refractivity contribution in [3.05, 3.63) is 11.4 Å². The highest BCUT2D eigenvalue weighted by Crippen LogP contribution is 2.38. The first-order valence-corrected chi connectivity index (χ1v) is 8.65. The molecule has 0 saturated carbocycles. The van der Waals surface area contributed by atoms with Gasteiger partial charge in [0.2, 0.25) is 0 Å². The molecule has 0 amide bonds. The molecule has 1 aliphatic rings. The molecule has 6 nitrogen and oxygen atoms in total. The molecule has 142 valence electrons. The van der Waals surface area contributed by atoms with Gasteiger partial charge in [-0.05, 0) is 53.9 Å². The normalized spacial score (nSPS) is 20.7. The predicted octanol–water partition coefficient (Wildman–Crippen LogP) is 3.19. The molecule has 1 heterocycles. The van der Waals surface area contributed by atoms with Crippen LogP contribution in [-0.4, -0.2) is 39.8 Å². The number of ether oxygens (including phenoxy) is 2. The molecule has 0 bridgehead atoms. The second kappa shape index (κ2) is 7.35. The fourth-order valence-electron chi connectivity index (χ4n) is 2.90. The van der Waals surface area contributed by atoms with Crippen LogP contribution in [0.2, 0.25) is 0 Å². The number of aromatic nitrogens is 3. The van der Waals surface area contributed by atoms with Crippen molar-refractivity contribution in [3.8, 4) is 0 Å². The first-order chi connectivity index (χ1) is 11.5. The summed E-state index contributed by atoms with van der Waals surface area (Å²) in [6, 6.07) is 0. The van der Waals surface area contributed by atoms with Crippen LogP contribution in [0.4, 0.5) is 8.78 Å². The molecule has 1 aliphatic carbocycles. The molecule has 0 fully saturated rings. The van der Waals surface area contributed by atoms with E-state index in [1.54, 1.807) is 18.5 Å². The first-order valence-electron chi connectivity index (χ1n) is 8.65. The van der Waals surface area contributed by atoms with Crippen LogP contribution in [0.3, 0.4) is 0 Å². The van der Waals surface area contributed by atoms with E-state index in [0.717, 1.165) is 0 Å². The number of fused-ring (bicyclic) bond motifs is 1. The summed E-state index contributed by atoms with van der Waals surface area (Å²) in [5, 5.41) is 7.71. The zero-order valence-corrected chi connectivity index (χ0v) is 15.5. The summed E-state index contributed by atoms with van der Waals surface area (Å²) >= 11 is 0. The van der Waals surface area contributed by atoms with Crippen molar-refractivity contribution in [2.45, 2.75) is 84.0 Å². The fraction of sp³-hybridized carbons (Fsp3) is 0.824. The molecule has 0 spiro atoms. The highest BCUT2D eigenvalue weighted by molar-refractivity contribution is 5.70. The molecule has 0 radical (unpaired) electrons. The van der Waals surface area contributed by atoms with Crippen molar-refractivity contribution in [2.75, 3.05) is 6.61 Å². The molecule has 1 atom stereocenters. The molecule has 2 rings (SSSR count). The van der Waals surface area contributed by atoms with E-state index in [2.05, 4.69) is 10.3 Å². The van der Waals surface area contributed by atoms with Crippen molar-refractivity contribution < 1.29 is 23.0 Å². The van der Waals surface area contributed by atoms with Crippen LogP contribution in [0.15, 0.2) is 0 Å². The summed E-state index contributed by atoms with van der Waals surface area (Å²) in [6.45, 7) is 8.96. The minimum Gasteiger partial charge on any atom is -0.461 e. The van der Waals surface area contributed by atoms with Crippen molar-refractivity contribution in [2.24, 2.45) is 0 Å². The number of hydrogen-bond donors (Lipinski definition) is 0. The molecule has 8 heteroatoms. The van der Waals surface area contributed by atoms with Gasteiger partial charge < -0.3 is 9.47 Å². The van der Waals surface area contributed by atoms with E-state index in [9.17, 15) is 13.6 Å². The van der Waals surface area contributed by atoms with Gasteiger partial charge in [-0.3, -0.25) is 0 Å². The lowest BCUT2D eigenvalue weighted by Crippen LogP contribution is -2.30. The van der Waals surface area contributed by atoms with E-state index in [0.29, 0.717) is 18.5 Å². The topological polar surface area (TPSA) is 66.2 Å². The van der Waals surface area contributed by atoms with Crippen LogP contribution < -0.4 is 0 Å². The van der Waals surface area contributed by atoms with E-state index in [1.165, 1.54) is 0 Å². The minimum absolute atomic E-state index is 0.157. The Balaban J connectivity index is 2.12. The van der Waals surface area contributed by atoms with Gasteiger partial charge in [0.05, 0.1) is 23.4 Å². The Bertz CT molecular complexity index is 609. The fourth-order valence-corrected chi connectivity index (χ4v) is 2.90. The van der Waals surface area contributed by atoms with Gasteiger partial charge in [0.15, 0.2) is 5.69 Å². The summed E-state index contributed by atoms with van der Waals surface area (Å²) in [4.78, 5) is 11.6. The number of esters is 1. The third-order valence-corrected chi connectivity index (χ3v) is 4.03. The zero-order chi connectivity index (χ0) is 18.8. The van der Waals surface area contributed by atoms with Gasteiger partial charge in [0.1, 0.15) is 6.61 Å². The molecular formula is C17H27F2N3O3. The maximum atomic E-state index is 14.5. The maximum Gasteiger partial charge on any atom is 0.332 e. The van der Waals surface area contributed by atoms with Crippen LogP contribution in [-0.2, 0) is 32.2 Å². The third kappa shape index (κ3) is 4.96. The average Bonchev–Trinajstić information content (AvgIpc) is 2.88. The molecule has 0 saturated heterocycles. The van der Waals surface area contributed by atoms with Crippen molar-refractivity contribution in [1.82, 2.24) is 15.0 Å². The SMILES string of the molecule is CC(C)OC(=O)COC1CCc2c(nnn2C(C)(C)C)C(F)(F)CC1. The van der Waals surface area contributed by atoms with Crippen molar-refractivity contribution in [3.63, 3.8) is 0 Å². The lowest BCUT2D eigenvalue weighted by molar-refractivity contribution is -0.155. The maximum absolute atomic E-state index is 14.5. The van der Waals surface area contributed by atoms with E-state index in [1.807, 2.05) is 20.8 Å².